The van der Waals surface area contributed by atoms with Gasteiger partial charge in [0, 0.05) is 87.3 Å². The molecule has 2 aromatic carbocycles. The first-order valence-corrected chi connectivity index (χ1v) is 15.7. The van der Waals surface area contributed by atoms with Crippen LogP contribution < -0.4 is 21.3 Å². The zero-order chi connectivity index (χ0) is 32.6. The van der Waals surface area contributed by atoms with Gasteiger partial charge in [-0.05, 0) is 69.4 Å². The molecule has 242 valence electrons. The second kappa shape index (κ2) is 18.8. The number of nitrogens with zero attached hydrogens (tertiary/aromatic N) is 3. The molecule has 0 bridgehead atoms. The summed E-state index contributed by atoms with van der Waals surface area (Å²) >= 11 is 0. The monoisotopic (exact) mass is 617 g/mol. The van der Waals surface area contributed by atoms with Crippen LogP contribution in [0.15, 0.2) is 78.0 Å². The summed E-state index contributed by atoms with van der Waals surface area (Å²) in [6.07, 6.45) is 7.74. The number of halogens is 2. The Balaban J connectivity index is 1.77. The molecule has 1 aliphatic rings. The summed E-state index contributed by atoms with van der Waals surface area (Å²) in [4.78, 5) is 11.4. The normalized spacial score (nSPS) is 16.3. The third-order valence-electron chi connectivity index (χ3n) is 7.61. The summed E-state index contributed by atoms with van der Waals surface area (Å²) in [5.74, 6) is -1.14. The van der Waals surface area contributed by atoms with E-state index in [4.69, 9.17) is 0 Å². The van der Waals surface area contributed by atoms with Crippen molar-refractivity contribution in [2.45, 2.75) is 40.5 Å². The lowest BCUT2D eigenvalue weighted by atomic mass is 10.0. The van der Waals surface area contributed by atoms with Crippen LogP contribution in [-0.4, -0.2) is 68.8 Å². The molecule has 0 spiro atoms. The summed E-state index contributed by atoms with van der Waals surface area (Å²) in [5.41, 5.74) is 5.65. The smallest absolute Gasteiger partial charge is 0.166 e. The predicted octanol–water partition coefficient (Wildman–Crippen LogP) is 6.31. The molecule has 0 amide bonds. The molecular formula is C36H49F2N7. The molecule has 45 heavy (non-hydrogen) atoms. The molecule has 4 N–H and O–H groups in total. The van der Waals surface area contributed by atoms with Crippen molar-refractivity contribution in [3.05, 3.63) is 102 Å². The fourth-order valence-electron chi connectivity index (χ4n) is 4.94. The Morgan fingerprint density at radius 2 is 1.58 bits per heavy atom. The van der Waals surface area contributed by atoms with Crippen molar-refractivity contribution in [2.75, 3.05) is 57.7 Å². The molecule has 1 heterocycles. The zero-order valence-corrected chi connectivity index (χ0v) is 27.3. The van der Waals surface area contributed by atoms with Crippen LogP contribution in [0.1, 0.15) is 49.4 Å². The fraction of sp³-hybridized carbons (Fsp3) is 0.389. The molecular weight excluding hydrogens is 568 g/mol. The Bertz CT molecular complexity index is 1410. The maximum absolute atomic E-state index is 14.9. The van der Waals surface area contributed by atoms with E-state index in [1.807, 2.05) is 26.0 Å². The summed E-state index contributed by atoms with van der Waals surface area (Å²) in [7, 11) is 0. The van der Waals surface area contributed by atoms with Gasteiger partial charge in [-0.3, -0.25) is 4.99 Å². The number of amidine groups is 1. The lowest BCUT2D eigenvalue weighted by Gasteiger charge is -2.29. The molecule has 0 aromatic heterocycles. The van der Waals surface area contributed by atoms with Gasteiger partial charge in [0.05, 0.1) is 5.71 Å². The van der Waals surface area contributed by atoms with Crippen LogP contribution in [-0.2, 0) is 6.42 Å². The van der Waals surface area contributed by atoms with Gasteiger partial charge in [-0.1, -0.05) is 36.9 Å². The number of allylic oxidation sites excluding steroid dienone is 3. The summed E-state index contributed by atoms with van der Waals surface area (Å²) in [5, 5.41) is 13.8. The third-order valence-corrected chi connectivity index (χ3v) is 7.61. The molecule has 0 saturated carbocycles. The SMILES string of the molecule is C=CCCc1ccc(/C(C)=C/N=C(C)C(=N/C=C\C)Nc2ccc(C(=C)N3CCNCCNCCNCC3)c(C)c2)c(F)c1F. The number of aryl methyl sites for hydroxylation is 2. The highest BCUT2D eigenvalue weighted by Crippen LogP contribution is 2.25. The average Bonchev–Trinajstić information content (AvgIpc) is 3.02. The first kappa shape index (κ1) is 35.6. The molecule has 3 rings (SSSR count). The van der Waals surface area contributed by atoms with Crippen LogP contribution in [0.3, 0.4) is 0 Å². The van der Waals surface area contributed by atoms with Crippen molar-refractivity contribution in [1.29, 1.82) is 0 Å². The molecule has 7 nitrogen and oxygen atoms in total. The van der Waals surface area contributed by atoms with Crippen molar-refractivity contribution in [3.63, 3.8) is 0 Å². The molecule has 0 radical (unpaired) electrons. The first-order valence-electron chi connectivity index (χ1n) is 15.7. The molecule has 1 fully saturated rings. The lowest BCUT2D eigenvalue weighted by Crippen LogP contribution is -2.41. The Morgan fingerprint density at radius 1 is 0.933 bits per heavy atom. The highest BCUT2D eigenvalue weighted by Gasteiger charge is 2.15. The van der Waals surface area contributed by atoms with Crippen LogP contribution in [0.4, 0.5) is 14.5 Å². The number of hydrogen-bond donors (Lipinski definition) is 4. The largest absolute Gasteiger partial charge is 0.369 e. The highest BCUT2D eigenvalue weighted by molar-refractivity contribution is 6.45. The van der Waals surface area contributed by atoms with Gasteiger partial charge in [-0.25, -0.2) is 13.8 Å². The quantitative estimate of drug-likeness (QED) is 0.143. The average molecular weight is 618 g/mol. The van der Waals surface area contributed by atoms with Crippen LogP contribution >= 0.6 is 0 Å². The van der Waals surface area contributed by atoms with Crippen molar-refractivity contribution >= 4 is 28.5 Å². The second-order valence-electron chi connectivity index (χ2n) is 11.1. The van der Waals surface area contributed by atoms with Gasteiger partial charge in [-0.2, -0.15) is 0 Å². The third kappa shape index (κ3) is 10.9. The van der Waals surface area contributed by atoms with Crippen molar-refractivity contribution < 1.29 is 8.78 Å². The number of nitrogens with one attached hydrogen (secondary N) is 4. The molecule has 0 aliphatic carbocycles. The predicted molar refractivity (Wildman–Crippen MR) is 188 cm³/mol. The minimum absolute atomic E-state index is 0.179. The van der Waals surface area contributed by atoms with Crippen molar-refractivity contribution in [1.82, 2.24) is 20.9 Å². The summed E-state index contributed by atoms with van der Waals surface area (Å²) < 4.78 is 29.5. The Kier molecular flexibility index (Phi) is 14.8. The van der Waals surface area contributed by atoms with E-state index >= 15 is 0 Å². The second-order valence-corrected chi connectivity index (χ2v) is 11.1. The van der Waals surface area contributed by atoms with E-state index in [-0.39, 0.29) is 5.56 Å². The maximum atomic E-state index is 14.9. The van der Waals surface area contributed by atoms with Gasteiger partial charge in [0.1, 0.15) is 0 Å². The van der Waals surface area contributed by atoms with E-state index in [9.17, 15) is 8.78 Å². The van der Waals surface area contributed by atoms with Crippen LogP contribution in [0.2, 0.25) is 0 Å². The zero-order valence-electron chi connectivity index (χ0n) is 27.3. The minimum atomic E-state index is -0.867. The van der Waals surface area contributed by atoms with Gasteiger partial charge in [0.2, 0.25) is 0 Å². The number of hydrogen-bond acceptors (Lipinski definition) is 6. The standard InChI is InChI=1S/C36H49F2N7/c1-7-9-10-30-11-13-33(35(38)34(30)37)27(4)25-43-28(5)36(42-15-8-2)44-31-12-14-32(26(3)24-31)29(6)45-22-20-40-18-16-39-17-19-41-21-23-45/h7-8,11-15,24-25,39-41H,1,6,9-10,16-23H2,2-5H3,(H,42,44)/b15-8-,27-25+,43-28?. The number of benzene rings is 2. The van der Waals surface area contributed by atoms with E-state index in [1.165, 1.54) is 0 Å². The van der Waals surface area contributed by atoms with E-state index in [0.29, 0.717) is 35.5 Å². The van der Waals surface area contributed by atoms with E-state index in [1.54, 1.807) is 37.5 Å². The minimum Gasteiger partial charge on any atom is -0.369 e. The van der Waals surface area contributed by atoms with Gasteiger partial charge in [0.15, 0.2) is 17.5 Å². The van der Waals surface area contributed by atoms with E-state index in [2.05, 4.69) is 68.4 Å². The number of rotatable bonds is 10. The molecule has 2 aromatic rings. The molecule has 0 unspecified atom stereocenters. The maximum Gasteiger partial charge on any atom is 0.166 e. The molecule has 0 atom stereocenters. The summed E-state index contributed by atoms with van der Waals surface area (Å²) in [6.45, 7) is 22.9. The van der Waals surface area contributed by atoms with E-state index < -0.39 is 11.6 Å². The van der Waals surface area contributed by atoms with Gasteiger partial charge in [-0.15, -0.1) is 6.58 Å². The molecule has 1 saturated heterocycles. The van der Waals surface area contributed by atoms with Crippen LogP contribution in [0, 0.1) is 18.6 Å². The van der Waals surface area contributed by atoms with Crippen molar-refractivity contribution in [3.8, 4) is 0 Å². The summed E-state index contributed by atoms with van der Waals surface area (Å²) in [6, 6.07) is 9.39. The Hall–Kier alpha value is -3.92. The van der Waals surface area contributed by atoms with Gasteiger partial charge < -0.3 is 26.2 Å². The molecule has 9 heteroatoms. The Morgan fingerprint density at radius 3 is 2.20 bits per heavy atom. The Labute approximate surface area is 268 Å². The van der Waals surface area contributed by atoms with Crippen LogP contribution in [0.5, 0.6) is 0 Å². The topological polar surface area (TPSA) is 76.1 Å². The van der Waals surface area contributed by atoms with Gasteiger partial charge >= 0.3 is 0 Å². The number of anilines is 1. The van der Waals surface area contributed by atoms with E-state index in [0.717, 1.165) is 74.9 Å². The first-order chi connectivity index (χ1) is 21.8. The lowest BCUT2D eigenvalue weighted by molar-refractivity contribution is 0.379. The molecule has 1 aliphatic heterocycles. The van der Waals surface area contributed by atoms with Gasteiger partial charge in [0.25, 0.3) is 0 Å². The highest BCUT2D eigenvalue weighted by atomic mass is 19.2. The number of aliphatic imine (C=N–C) groups is 2. The van der Waals surface area contributed by atoms with Crippen molar-refractivity contribution in [2.24, 2.45) is 9.98 Å². The fourth-order valence-corrected chi connectivity index (χ4v) is 4.94. The van der Waals surface area contributed by atoms with Crippen LogP contribution in [0.25, 0.3) is 11.3 Å².